The average Bonchev–Trinajstić information content (AvgIpc) is 2.28. The van der Waals surface area contributed by atoms with Crippen molar-refractivity contribution in [2.24, 2.45) is 0 Å². The van der Waals surface area contributed by atoms with E-state index in [4.69, 9.17) is 17.3 Å². The van der Waals surface area contributed by atoms with Crippen molar-refractivity contribution in [2.75, 3.05) is 24.6 Å². The standard InChI is InChI=1S/C11H16ClN3O/c1-3-4-15-11(16)7-5-9(13)10(14-2)6-8(7)12/h5-6,14H,3-4,13H2,1-2H3,(H,15,16). The van der Waals surface area contributed by atoms with Crippen LogP contribution in [0.5, 0.6) is 0 Å². The van der Waals surface area contributed by atoms with Crippen molar-refractivity contribution < 1.29 is 4.79 Å². The Kier molecular flexibility index (Phi) is 4.43. The summed E-state index contributed by atoms with van der Waals surface area (Å²) in [6.45, 7) is 2.61. The number of carbonyl (C=O) groups is 1. The molecule has 1 aromatic carbocycles. The fourth-order valence-corrected chi connectivity index (χ4v) is 1.56. The van der Waals surface area contributed by atoms with Gasteiger partial charge in [0.05, 0.1) is 22.0 Å². The molecule has 0 aromatic heterocycles. The van der Waals surface area contributed by atoms with Crippen LogP contribution in [0.1, 0.15) is 23.7 Å². The van der Waals surface area contributed by atoms with Crippen LogP contribution < -0.4 is 16.4 Å². The lowest BCUT2D eigenvalue weighted by Gasteiger charge is -2.10. The van der Waals surface area contributed by atoms with Gasteiger partial charge in [0, 0.05) is 13.6 Å². The number of hydrogen-bond acceptors (Lipinski definition) is 3. The molecule has 0 radical (unpaired) electrons. The molecule has 0 saturated carbocycles. The van der Waals surface area contributed by atoms with Crippen molar-refractivity contribution in [2.45, 2.75) is 13.3 Å². The third-order valence-corrected chi connectivity index (χ3v) is 2.50. The number of rotatable bonds is 4. The van der Waals surface area contributed by atoms with Crippen molar-refractivity contribution in [3.05, 3.63) is 22.7 Å². The maximum atomic E-state index is 11.7. The normalized spacial score (nSPS) is 9.94. The summed E-state index contributed by atoms with van der Waals surface area (Å²) in [6, 6.07) is 3.23. The predicted octanol–water partition coefficient (Wildman–Crippen LogP) is 2.10. The summed E-state index contributed by atoms with van der Waals surface area (Å²) < 4.78 is 0. The summed E-state index contributed by atoms with van der Waals surface area (Å²) >= 11 is 6.00. The summed E-state index contributed by atoms with van der Waals surface area (Å²) in [4.78, 5) is 11.7. The van der Waals surface area contributed by atoms with Crippen molar-refractivity contribution in [1.29, 1.82) is 0 Å². The minimum Gasteiger partial charge on any atom is -0.397 e. The molecule has 0 aliphatic rings. The number of hydrogen-bond donors (Lipinski definition) is 3. The lowest BCUT2D eigenvalue weighted by atomic mass is 10.1. The Morgan fingerprint density at radius 1 is 1.50 bits per heavy atom. The molecular formula is C11H16ClN3O. The fourth-order valence-electron chi connectivity index (χ4n) is 1.31. The van der Waals surface area contributed by atoms with Crippen LogP contribution in [0.15, 0.2) is 12.1 Å². The van der Waals surface area contributed by atoms with Crippen LogP contribution in [0.3, 0.4) is 0 Å². The number of nitrogens with one attached hydrogen (secondary N) is 2. The van der Waals surface area contributed by atoms with Gasteiger partial charge in [-0.1, -0.05) is 18.5 Å². The van der Waals surface area contributed by atoms with E-state index in [1.165, 1.54) is 0 Å². The van der Waals surface area contributed by atoms with Gasteiger partial charge in [-0.05, 0) is 18.6 Å². The zero-order valence-corrected chi connectivity index (χ0v) is 10.2. The van der Waals surface area contributed by atoms with E-state index in [-0.39, 0.29) is 5.91 Å². The largest absolute Gasteiger partial charge is 0.397 e. The van der Waals surface area contributed by atoms with Gasteiger partial charge < -0.3 is 16.4 Å². The Bertz CT molecular complexity index is 393. The van der Waals surface area contributed by atoms with Gasteiger partial charge in [-0.2, -0.15) is 0 Å². The van der Waals surface area contributed by atoms with Gasteiger partial charge in [0.15, 0.2) is 0 Å². The SMILES string of the molecule is CCCNC(=O)c1cc(N)c(NC)cc1Cl. The van der Waals surface area contributed by atoms with Crippen molar-refractivity contribution in [1.82, 2.24) is 5.32 Å². The predicted molar refractivity (Wildman–Crippen MR) is 68.0 cm³/mol. The van der Waals surface area contributed by atoms with Crippen LogP contribution in [-0.4, -0.2) is 19.5 Å². The number of nitrogens with two attached hydrogens (primary N) is 1. The summed E-state index contributed by atoms with van der Waals surface area (Å²) in [5, 5.41) is 6.05. The van der Waals surface area contributed by atoms with Crippen LogP contribution in [0.4, 0.5) is 11.4 Å². The Hall–Kier alpha value is -1.42. The monoisotopic (exact) mass is 241 g/mol. The van der Waals surface area contributed by atoms with Crippen LogP contribution in [0.25, 0.3) is 0 Å². The summed E-state index contributed by atoms with van der Waals surface area (Å²) in [5.41, 5.74) is 7.40. The van der Waals surface area contributed by atoms with Gasteiger partial charge in [-0.25, -0.2) is 0 Å². The van der Waals surface area contributed by atoms with Crippen molar-refractivity contribution in [3.8, 4) is 0 Å². The molecule has 0 fully saturated rings. The smallest absolute Gasteiger partial charge is 0.252 e. The van der Waals surface area contributed by atoms with E-state index in [1.807, 2.05) is 6.92 Å². The first kappa shape index (κ1) is 12.6. The minimum absolute atomic E-state index is 0.193. The maximum Gasteiger partial charge on any atom is 0.252 e. The van der Waals surface area contributed by atoms with E-state index in [0.29, 0.717) is 22.8 Å². The Morgan fingerprint density at radius 3 is 2.75 bits per heavy atom. The first-order chi connectivity index (χ1) is 7.60. The molecule has 1 rings (SSSR count). The first-order valence-corrected chi connectivity index (χ1v) is 5.53. The number of halogens is 1. The quantitative estimate of drug-likeness (QED) is 0.708. The van der Waals surface area contributed by atoms with E-state index < -0.39 is 0 Å². The molecule has 0 unspecified atom stereocenters. The van der Waals surface area contributed by atoms with Gasteiger partial charge in [-0.15, -0.1) is 0 Å². The highest BCUT2D eigenvalue weighted by Crippen LogP contribution is 2.26. The molecule has 4 N–H and O–H groups in total. The molecule has 0 saturated heterocycles. The Morgan fingerprint density at radius 2 is 2.19 bits per heavy atom. The molecular weight excluding hydrogens is 226 g/mol. The highest BCUT2D eigenvalue weighted by atomic mass is 35.5. The average molecular weight is 242 g/mol. The lowest BCUT2D eigenvalue weighted by Crippen LogP contribution is -2.24. The first-order valence-electron chi connectivity index (χ1n) is 5.15. The molecule has 4 nitrogen and oxygen atoms in total. The molecule has 0 atom stereocenters. The highest BCUT2D eigenvalue weighted by Gasteiger charge is 2.12. The number of benzene rings is 1. The second-order valence-electron chi connectivity index (χ2n) is 3.43. The molecule has 0 aliphatic heterocycles. The number of anilines is 2. The Balaban J connectivity index is 2.97. The van der Waals surface area contributed by atoms with E-state index in [0.717, 1.165) is 12.1 Å². The molecule has 88 valence electrons. The Labute approximate surface area is 100 Å². The molecule has 1 aromatic rings. The maximum absolute atomic E-state index is 11.7. The summed E-state index contributed by atoms with van der Waals surface area (Å²) in [5.74, 6) is -0.193. The second-order valence-corrected chi connectivity index (χ2v) is 3.83. The van der Waals surface area contributed by atoms with Gasteiger partial charge >= 0.3 is 0 Å². The van der Waals surface area contributed by atoms with Gasteiger partial charge in [0.1, 0.15) is 0 Å². The number of amides is 1. The van der Waals surface area contributed by atoms with E-state index >= 15 is 0 Å². The second kappa shape index (κ2) is 5.61. The number of nitrogen functional groups attached to an aromatic ring is 1. The minimum atomic E-state index is -0.193. The lowest BCUT2D eigenvalue weighted by molar-refractivity contribution is 0.0954. The molecule has 5 heteroatoms. The third-order valence-electron chi connectivity index (χ3n) is 2.19. The molecule has 0 spiro atoms. The molecule has 0 aliphatic carbocycles. The van der Waals surface area contributed by atoms with E-state index in [2.05, 4.69) is 10.6 Å². The summed E-state index contributed by atoms with van der Waals surface area (Å²) in [6.07, 6.45) is 0.882. The van der Waals surface area contributed by atoms with Crippen LogP contribution in [-0.2, 0) is 0 Å². The van der Waals surface area contributed by atoms with Crippen LogP contribution in [0.2, 0.25) is 5.02 Å². The fraction of sp³-hybridized carbons (Fsp3) is 0.364. The van der Waals surface area contributed by atoms with Gasteiger partial charge in [0.25, 0.3) is 5.91 Å². The number of carbonyl (C=O) groups excluding carboxylic acids is 1. The third kappa shape index (κ3) is 2.79. The van der Waals surface area contributed by atoms with Crippen molar-refractivity contribution in [3.63, 3.8) is 0 Å². The highest BCUT2D eigenvalue weighted by molar-refractivity contribution is 6.34. The molecule has 0 bridgehead atoms. The van der Waals surface area contributed by atoms with Crippen LogP contribution >= 0.6 is 11.6 Å². The van der Waals surface area contributed by atoms with E-state index in [9.17, 15) is 4.79 Å². The zero-order valence-electron chi connectivity index (χ0n) is 9.43. The van der Waals surface area contributed by atoms with Gasteiger partial charge in [-0.3, -0.25) is 4.79 Å². The topological polar surface area (TPSA) is 67.2 Å². The summed E-state index contributed by atoms with van der Waals surface area (Å²) in [7, 11) is 1.75. The zero-order chi connectivity index (χ0) is 12.1. The molecule has 16 heavy (non-hydrogen) atoms. The van der Waals surface area contributed by atoms with Gasteiger partial charge in [0.2, 0.25) is 0 Å². The molecule has 0 heterocycles. The van der Waals surface area contributed by atoms with Crippen molar-refractivity contribution >= 4 is 28.9 Å². The van der Waals surface area contributed by atoms with Crippen LogP contribution in [0, 0.1) is 0 Å². The van der Waals surface area contributed by atoms with E-state index in [1.54, 1.807) is 19.2 Å². The molecule has 1 amide bonds.